The molecule has 2 amide bonds. The molecule has 0 radical (unpaired) electrons. The summed E-state index contributed by atoms with van der Waals surface area (Å²) in [5, 5.41) is 17.4. The average molecular weight is 511 g/mol. The van der Waals surface area contributed by atoms with Crippen molar-refractivity contribution in [3.8, 4) is 0 Å². The number of nitro groups is 1. The topological polar surface area (TPSA) is 121 Å². The summed E-state index contributed by atoms with van der Waals surface area (Å²) in [6, 6.07) is 17.4. The highest BCUT2D eigenvalue weighted by Gasteiger charge is 2.44. The number of nitrogens with zero attached hydrogens (tertiary/aromatic N) is 4. The Balaban J connectivity index is 1.53. The normalized spacial score (nSPS) is 15.3. The number of carbonyl (C=O) groups is 2. The Morgan fingerprint density at radius 3 is 2.46 bits per heavy atom. The molecule has 4 rings (SSSR count). The van der Waals surface area contributed by atoms with Gasteiger partial charge in [-0.2, -0.15) is 0 Å². The minimum atomic E-state index is -0.874. The second-order valence-corrected chi connectivity index (χ2v) is 8.33. The first-order chi connectivity index (χ1) is 16.8. The Kier molecular flexibility index (Phi) is 7.18. The molecule has 2 aromatic carbocycles. The number of pyridine rings is 1. The zero-order chi connectivity index (χ0) is 24.9. The Labute approximate surface area is 210 Å². The highest BCUT2D eigenvalue weighted by molar-refractivity contribution is 7.80. The van der Waals surface area contributed by atoms with E-state index in [0.717, 1.165) is 6.20 Å². The van der Waals surface area contributed by atoms with Gasteiger partial charge in [0, 0.05) is 16.8 Å². The first-order valence-corrected chi connectivity index (χ1v) is 11.2. The predicted molar refractivity (Wildman–Crippen MR) is 136 cm³/mol. The van der Waals surface area contributed by atoms with E-state index in [1.165, 1.54) is 17.0 Å². The second kappa shape index (κ2) is 10.5. The molecule has 1 saturated heterocycles. The Hall–Kier alpha value is -4.09. The van der Waals surface area contributed by atoms with Crippen LogP contribution in [0.2, 0.25) is 5.02 Å². The number of para-hydroxylation sites is 1. The Bertz CT molecular complexity index is 1260. The fourth-order valence-electron chi connectivity index (χ4n) is 3.51. The quantitative estimate of drug-likeness (QED) is 0.264. The third-order valence-corrected chi connectivity index (χ3v) is 5.90. The summed E-state index contributed by atoms with van der Waals surface area (Å²) >= 11 is 11.5. The summed E-state index contributed by atoms with van der Waals surface area (Å²) in [6.45, 7) is 0.0532. The molecular formula is C23H19ClN6O4S. The summed E-state index contributed by atoms with van der Waals surface area (Å²) in [5.41, 5.74) is 0.989. The number of carbonyl (C=O) groups excluding carboxylic acids is 2. The van der Waals surface area contributed by atoms with Crippen LogP contribution in [-0.4, -0.2) is 44.4 Å². The maximum Gasteiger partial charge on any atom is 0.287 e. The van der Waals surface area contributed by atoms with Gasteiger partial charge in [-0.25, -0.2) is 4.98 Å². The molecule has 35 heavy (non-hydrogen) atoms. The molecule has 2 N–H and O–H groups in total. The van der Waals surface area contributed by atoms with Crippen LogP contribution in [-0.2, 0) is 9.59 Å². The SMILES string of the molecule is O=C(C[C@H]1C(=O)N(c2ccccc2)C(=S)N1CNc1ccc([N+](=O)[O-])cn1)Nc1ccc(Cl)cc1. The van der Waals surface area contributed by atoms with Gasteiger partial charge < -0.3 is 15.5 Å². The highest BCUT2D eigenvalue weighted by atomic mass is 35.5. The number of amides is 2. The first kappa shape index (κ1) is 24.0. The van der Waals surface area contributed by atoms with Crippen molar-refractivity contribution < 1.29 is 14.5 Å². The molecule has 12 heteroatoms. The van der Waals surface area contributed by atoms with Crippen molar-refractivity contribution in [2.45, 2.75) is 12.5 Å². The molecule has 2 heterocycles. The van der Waals surface area contributed by atoms with Gasteiger partial charge in [0.2, 0.25) is 5.91 Å². The third kappa shape index (κ3) is 5.53. The second-order valence-electron chi connectivity index (χ2n) is 7.53. The molecule has 0 unspecified atom stereocenters. The summed E-state index contributed by atoms with van der Waals surface area (Å²) < 4.78 is 0. The molecule has 0 spiro atoms. The van der Waals surface area contributed by atoms with Gasteiger partial charge in [-0.1, -0.05) is 29.8 Å². The van der Waals surface area contributed by atoms with Gasteiger partial charge in [-0.05, 0) is 54.7 Å². The molecule has 10 nitrogen and oxygen atoms in total. The van der Waals surface area contributed by atoms with E-state index < -0.39 is 11.0 Å². The van der Waals surface area contributed by atoms with Crippen molar-refractivity contribution in [1.82, 2.24) is 9.88 Å². The molecule has 3 aromatic rings. The lowest BCUT2D eigenvalue weighted by Gasteiger charge is -2.24. The molecule has 1 aliphatic rings. The lowest BCUT2D eigenvalue weighted by molar-refractivity contribution is -0.385. The third-order valence-electron chi connectivity index (χ3n) is 5.23. The van der Waals surface area contributed by atoms with Crippen LogP contribution in [0.15, 0.2) is 72.9 Å². The molecule has 0 aliphatic carbocycles. The van der Waals surface area contributed by atoms with Crippen molar-refractivity contribution >= 4 is 63.6 Å². The van der Waals surface area contributed by atoms with Crippen molar-refractivity contribution in [3.63, 3.8) is 0 Å². The highest BCUT2D eigenvalue weighted by Crippen LogP contribution is 2.27. The number of hydrogen-bond donors (Lipinski definition) is 2. The maximum absolute atomic E-state index is 13.4. The van der Waals surface area contributed by atoms with E-state index in [1.807, 2.05) is 6.07 Å². The van der Waals surface area contributed by atoms with Crippen LogP contribution in [0.4, 0.5) is 22.9 Å². The lowest BCUT2D eigenvalue weighted by atomic mass is 10.1. The van der Waals surface area contributed by atoms with Gasteiger partial charge in [0.25, 0.3) is 11.6 Å². The Morgan fingerprint density at radius 1 is 1.11 bits per heavy atom. The van der Waals surface area contributed by atoms with Crippen LogP contribution in [0, 0.1) is 10.1 Å². The fourth-order valence-corrected chi connectivity index (χ4v) is 4.03. The van der Waals surface area contributed by atoms with Crippen molar-refractivity contribution in [2.24, 2.45) is 0 Å². The zero-order valence-corrected chi connectivity index (χ0v) is 19.7. The number of halogens is 1. The average Bonchev–Trinajstić information content (AvgIpc) is 3.08. The van der Waals surface area contributed by atoms with E-state index in [9.17, 15) is 19.7 Å². The maximum atomic E-state index is 13.4. The summed E-state index contributed by atoms with van der Waals surface area (Å²) in [4.78, 5) is 43.5. The minimum absolute atomic E-state index is 0.0532. The molecule has 178 valence electrons. The van der Waals surface area contributed by atoms with E-state index in [-0.39, 0.29) is 35.7 Å². The molecule has 1 aromatic heterocycles. The minimum Gasteiger partial charge on any atom is -0.353 e. The van der Waals surface area contributed by atoms with Gasteiger partial charge in [-0.15, -0.1) is 0 Å². The van der Waals surface area contributed by atoms with Gasteiger partial charge in [0.05, 0.1) is 23.7 Å². The Morgan fingerprint density at radius 2 is 1.83 bits per heavy atom. The van der Waals surface area contributed by atoms with E-state index in [0.29, 0.717) is 22.2 Å². The standard InChI is InChI=1S/C23H19ClN6O4S/c24-15-6-8-16(9-7-15)27-21(31)12-19-22(32)29(17-4-2-1-3-5-17)23(35)28(19)14-26-20-11-10-18(13-25-20)30(33)34/h1-11,13,19H,12,14H2,(H,25,26)(H,27,31)/t19-/m0/s1. The van der Waals surface area contributed by atoms with Crippen LogP contribution in [0.5, 0.6) is 0 Å². The van der Waals surface area contributed by atoms with E-state index in [4.69, 9.17) is 23.8 Å². The van der Waals surface area contributed by atoms with Crippen molar-refractivity contribution in [2.75, 3.05) is 22.2 Å². The van der Waals surface area contributed by atoms with Crippen LogP contribution in [0.3, 0.4) is 0 Å². The number of rotatable bonds is 8. The van der Waals surface area contributed by atoms with Crippen LogP contribution in [0.25, 0.3) is 0 Å². The molecular weight excluding hydrogens is 492 g/mol. The van der Waals surface area contributed by atoms with Gasteiger partial charge in [0.15, 0.2) is 5.11 Å². The molecule has 1 aliphatic heterocycles. The molecule has 1 fully saturated rings. The van der Waals surface area contributed by atoms with Crippen molar-refractivity contribution in [3.05, 3.63) is 88.1 Å². The van der Waals surface area contributed by atoms with Crippen molar-refractivity contribution in [1.29, 1.82) is 0 Å². The van der Waals surface area contributed by atoms with Crippen LogP contribution >= 0.6 is 23.8 Å². The number of anilines is 3. The molecule has 0 bridgehead atoms. The molecule has 1 atom stereocenters. The smallest absolute Gasteiger partial charge is 0.287 e. The predicted octanol–water partition coefficient (Wildman–Crippen LogP) is 4.04. The summed E-state index contributed by atoms with van der Waals surface area (Å²) in [7, 11) is 0. The largest absolute Gasteiger partial charge is 0.353 e. The summed E-state index contributed by atoms with van der Waals surface area (Å²) in [6.07, 6.45) is 0.976. The lowest BCUT2D eigenvalue weighted by Crippen LogP contribution is -2.41. The number of thiocarbonyl (C=S) groups is 1. The number of nitrogens with one attached hydrogen (secondary N) is 2. The van der Waals surface area contributed by atoms with E-state index in [1.54, 1.807) is 53.4 Å². The van der Waals surface area contributed by atoms with Crippen LogP contribution < -0.4 is 15.5 Å². The van der Waals surface area contributed by atoms with E-state index >= 15 is 0 Å². The number of hydrogen-bond acceptors (Lipinski definition) is 7. The molecule has 0 saturated carbocycles. The van der Waals surface area contributed by atoms with E-state index in [2.05, 4.69) is 15.6 Å². The fraction of sp³-hybridized carbons (Fsp3) is 0.130. The first-order valence-electron chi connectivity index (χ1n) is 10.4. The number of aromatic nitrogens is 1. The van der Waals surface area contributed by atoms with Crippen LogP contribution in [0.1, 0.15) is 6.42 Å². The van der Waals surface area contributed by atoms with Gasteiger partial charge in [0.1, 0.15) is 18.1 Å². The number of benzene rings is 2. The monoisotopic (exact) mass is 510 g/mol. The van der Waals surface area contributed by atoms with Gasteiger partial charge in [-0.3, -0.25) is 24.6 Å². The summed E-state index contributed by atoms with van der Waals surface area (Å²) in [5.74, 6) is -0.360. The van der Waals surface area contributed by atoms with Gasteiger partial charge >= 0.3 is 0 Å². The zero-order valence-electron chi connectivity index (χ0n) is 18.1.